The zero-order valence-corrected chi connectivity index (χ0v) is 14.5. The maximum atomic E-state index is 12.0. The number of hydrogen-bond donors (Lipinski definition) is 2. The summed E-state index contributed by atoms with van der Waals surface area (Å²) < 4.78 is 5.94. The lowest BCUT2D eigenvalue weighted by Gasteiger charge is -2.26. The van der Waals surface area contributed by atoms with Gasteiger partial charge in [-0.2, -0.15) is 0 Å². The quantitative estimate of drug-likeness (QED) is 0.807. The average molecular weight is 372 g/mol. The van der Waals surface area contributed by atoms with Crippen molar-refractivity contribution in [3.63, 3.8) is 0 Å². The van der Waals surface area contributed by atoms with Crippen molar-refractivity contribution in [3.05, 3.63) is 14.7 Å². The summed E-state index contributed by atoms with van der Waals surface area (Å²) in [5, 5.41) is 2.88. The molecule has 19 heavy (non-hydrogen) atoms. The lowest BCUT2D eigenvalue weighted by Crippen LogP contribution is -2.49. The average Bonchev–Trinajstić information content (AvgIpc) is 2.77. The Hall–Kier alpha value is -0.300. The van der Waals surface area contributed by atoms with Crippen LogP contribution in [-0.2, 0) is 0 Å². The van der Waals surface area contributed by atoms with E-state index in [0.717, 1.165) is 16.6 Å². The van der Waals surface area contributed by atoms with Gasteiger partial charge >= 0.3 is 0 Å². The van der Waals surface area contributed by atoms with Crippen molar-refractivity contribution in [1.82, 2.24) is 5.32 Å². The number of hydrogen-bond acceptors (Lipinski definition) is 4. The van der Waals surface area contributed by atoms with E-state index in [-0.39, 0.29) is 23.9 Å². The molecule has 0 unspecified atom stereocenters. The lowest BCUT2D eigenvalue weighted by atomic mass is 9.94. The molecule has 0 radical (unpaired) electrons. The number of nitrogens with one attached hydrogen (secondary N) is 1. The Morgan fingerprint density at radius 1 is 1.53 bits per heavy atom. The van der Waals surface area contributed by atoms with E-state index >= 15 is 0 Å². The van der Waals surface area contributed by atoms with E-state index in [4.69, 9.17) is 10.5 Å². The maximum absolute atomic E-state index is 12.0. The molecule has 0 aliphatic heterocycles. The summed E-state index contributed by atoms with van der Waals surface area (Å²) in [5.74, 6) is 0.566. The highest BCUT2D eigenvalue weighted by Crippen LogP contribution is 2.34. The van der Waals surface area contributed by atoms with Gasteiger partial charge in [0.15, 0.2) is 0 Å². The predicted molar refractivity (Wildman–Crippen MR) is 85.7 cm³/mol. The van der Waals surface area contributed by atoms with Crippen LogP contribution in [0.4, 0.5) is 0 Å². The Bertz CT molecular complexity index is 422. The maximum Gasteiger partial charge on any atom is 0.261 e. The molecule has 1 rings (SSSR count). The topological polar surface area (TPSA) is 64.3 Å². The van der Waals surface area contributed by atoms with E-state index in [9.17, 15) is 4.79 Å². The Morgan fingerprint density at radius 3 is 2.53 bits per heavy atom. The van der Waals surface area contributed by atoms with Gasteiger partial charge in [-0.15, -0.1) is 23.7 Å². The van der Waals surface area contributed by atoms with Gasteiger partial charge in [-0.1, -0.05) is 13.8 Å². The minimum atomic E-state index is -0.325. The smallest absolute Gasteiger partial charge is 0.261 e. The Labute approximate surface area is 132 Å². The van der Waals surface area contributed by atoms with Gasteiger partial charge in [-0.3, -0.25) is 4.79 Å². The number of rotatable bonds is 6. The molecule has 4 nitrogen and oxygen atoms in total. The SMILES string of the molecule is CCC(N)(CC)CNC(=O)c1cc(OC)c(Br)s1.Cl. The summed E-state index contributed by atoms with van der Waals surface area (Å²) >= 11 is 4.70. The van der Waals surface area contributed by atoms with Gasteiger partial charge in [0.1, 0.15) is 9.54 Å². The van der Waals surface area contributed by atoms with E-state index in [1.165, 1.54) is 11.3 Å². The van der Waals surface area contributed by atoms with Crippen LogP contribution in [0.2, 0.25) is 0 Å². The number of methoxy groups -OCH3 is 1. The standard InChI is InChI=1S/C12H19BrN2O2S.ClH/c1-4-12(14,5-2)7-15-11(16)9-6-8(17-3)10(13)18-9;/h6H,4-5,7,14H2,1-3H3,(H,15,16);1H. The van der Waals surface area contributed by atoms with E-state index in [1.54, 1.807) is 13.2 Å². The van der Waals surface area contributed by atoms with Crippen LogP contribution in [0.3, 0.4) is 0 Å². The number of carbonyl (C=O) groups is 1. The fourth-order valence-corrected chi connectivity index (χ4v) is 3.01. The first-order chi connectivity index (χ1) is 8.45. The van der Waals surface area contributed by atoms with Crippen molar-refractivity contribution in [3.8, 4) is 5.75 Å². The first-order valence-electron chi connectivity index (χ1n) is 5.86. The molecule has 0 atom stereocenters. The largest absolute Gasteiger partial charge is 0.495 e. The summed E-state index contributed by atoms with van der Waals surface area (Å²) in [4.78, 5) is 12.6. The third kappa shape index (κ3) is 4.95. The number of amides is 1. The first-order valence-corrected chi connectivity index (χ1v) is 7.47. The number of ether oxygens (including phenoxy) is 1. The molecule has 0 aliphatic carbocycles. The van der Waals surface area contributed by atoms with Crippen LogP contribution in [0.15, 0.2) is 9.85 Å². The van der Waals surface area contributed by atoms with E-state index in [2.05, 4.69) is 21.2 Å². The second kappa shape index (κ2) is 8.09. The van der Waals surface area contributed by atoms with Crippen LogP contribution < -0.4 is 15.8 Å². The molecule has 3 N–H and O–H groups in total. The second-order valence-electron chi connectivity index (χ2n) is 4.20. The molecular formula is C12H20BrClN2O2S. The highest BCUT2D eigenvalue weighted by atomic mass is 79.9. The summed E-state index contributed by atoms with van der Waals surface area (Å²) in [6.07, 6.45) is 1.67. The Morgan fingerprint density at radius 2 is 2.11 bits per heavy atom. The van der Waals surface area contributed by atoms with Gasteiger partial charge in [0.05, 0.1) is 12.0 Å². The molecule has 0 aliphatic rings. The second-order valence-corrected chi connectivity index (χ2v) is 6.57. The van der Waals surface area contributed by atoms with Gasteiger partial charge < -0.3 is 15.8 Å². The molecule has 7 heteroatoms. The monoisotopic (exact) mass is 370 g/mol. The zero-order valence-electron chi connectivity index (χ0n) is 11.3. The van der Waals surface area contributed by atoms with Gasteiger partial charge in [0.25, 0.3) is 5.91 Å². The molecule has 1 amide bonds. The highest BCUT2D eigenvalue weighted by Gasteiger charge is 2.22. The van der Waals surface area contributed by atoms with Crippen molar-refractivity contribution in [2.45, 2.75) is 32.2 Å². The molecular weight excluding hydrogens is 352 g/mol. The van der Waals surface area contributed by atoms with Crippen LogP contribution in [0.25, 0.3) is 0 Å². The summed E-state index contributed by atoms with van der Waals surface area (Å²) in [7, 11) is 1.58. The minimum absolute atomic E-state index is 0. The molecule has 1 aromatic rings. The molecule has 0 aromatic carbocycles. The van der Waals surface area contributed by atoms with Gasteiger partial charge in [-0.05, 0) is 28.8 Å². The molecule has 0 fully saturated rings. The number of halogens is 2. The van der Waals surface area contributed by atoms with Gasteiger partial charge in [0, 0.05) is 18.2 Å². The van der Waals surface area contributed by atoms with Crippen molar-refractivity contribution in [2.75, 3.05) is 13.7 Å². The zero-order chi connectivity index (χ0) is 13.8. The molecule has 0 saturated heterocycles. The van der Waals surface area contributed by atoms with Crippen LogP contribution in [0.1, 0.15) is 36.4 Å². The fraction of sp³-hybridized carbons (Fsp3) is 0.583. The van der Waals surface area contributed by atoms with Crippen molar-refractivity contribution in [2.24, 2.45) is 5.73 Å². The van der Waals surface area contributed by atoms with E-state index in [0.29, 0.717) is 17.2 Å². The van der Waals surface area contributed by atoms with Crippen molar-refractivity contribution < 1.29 is 9.53 Å². The number of nitrogens with two attached hydrogens (primary N) is 1. The predicted octanol–water partition coefficient (Wildman–Crippen LogP) is 3.19. The third-order valence-corrected chi connectivity index (χ3v) is 4.89. The molecule has 1 heterocycles. The summed E-state index contributed by atoms with van der Waals surface area (Å²) in [6.45, 7) is 4.54. The third-order valence-electron chi connectivity index (χ3n) is 3.11. The van der Waals surface area contributed by atoms with Crippen LogP contribution in [0.5, 0.6) is 5.75 Å². The van der Waals surface area contributed by atoms with Crippen LogP contribution in [0, 0.1) is 0 Å². The molecule has 1 aromatic heterocycles. The molecule has 0 spiro atoms. The fourth-order valence-electron chi connectivity index (χ4n) is 1.45. The van der Waals surface area contributed by atoms with E-state index < -0.39 is 0 Å². The molecule has 0 bridgehead atoms. The normalized spacial score (nSPS) is 10.8. The van der Waals surface area contributed by atoms with Gasteiger partial charge in [0.2, 0.25) is 0 Å². The van der Waals surface area contributed by atoms with Crippen molar-refractivity contribution in [1.29, 1.82) is 0 Å². The van der Waals surface area contributed by atoms with Gasteiger partial charge in [-0.25, -0.2) is 0 Å². The van der Waals surface area contributed by atoms with Crippen molar-refractivity contribution >= 4 is 45.6 Å². The highest BCUT2D eigenvalue weighted by molar-refractivity contribution is 9.11. The Balaban J connectivity index is 0.00000324. The van der Waals surface area contributed by atoms with E-state index in [1.807, 2.05) is 13.8 Å². The van der Waals surface area contributed by atoms with Crippen LogP contribution in [-0.4, -0.2) is 25.1 Å². The number of thiophene rings is 1. The van der Waals surface area contributed by atoms with Crippen LogP contribution >= 0.6 is 39.7 Å². The lowest BCUT2D eigenvalue weighted by molar-refractivity contribution is 0.0946. The summed E-state index contributed by atoms with van der Waals surface area (Å²) in [6, 6.07) is 1.72. The molecule has 110 valence electrons. The molecule has 0 saturated carbocycles. The first kappa shape index (κ1) is 18.7. The number of carbonyl (C=O) groups excluding carboxylic acids is 1. The summed E-state index contributed by atoms with van der Waals surface area (Å²) in [5.41, 5.74) is 5.81. The Kier molecular flexibility index (Phi) is 7.96. The minimum Gasteiger partial charge on any atom is -0.495 e.